The van der Waals surface area contributed by atoms with E-state index in [1.807, 2.05) is 0 Å². The summed E-state index contributed by atoms with van der Waals surface area (Å²) in [5.74, 6) is -0.737. The molecule has 0 bridgehead atoms. The largest absolute Gasteiger partial charge is 0.443 e. The summed E-state index contributed by atoms with van der Waals surface area (Å²) in [6, 6.07) is 3.81. The van der Waals surface area contributed by atoms with Crippen LogP contribution >= 0.6 is 11.6 Å². The van der Waals surface area contributed by atoms with Crippen LogP contribution in [0.2, 0.25) is 5.02 Å². The molecule has 1 aromatic carbocycles. The van der Waals surface area contributed by atoms with Crippen molar-refractivity contribution < 1.29 is 23.8 Å². The zero-order valence-corrected chi connectivity index (χ0v) is 13.4. The van der Waals surface area contributed by atoms with Gasteiger partial charge in [-0.2, -0.15) is 0 Å². The number of carbonyl (C=O) groups excluding carboxylic acids is 1. The average molecular weight is 358 g/mol. The van der Waals surface area contributed by atoms with Crippen LogP contribution in [0.5, 0.6) is 0 Å². The molecule has 0 aliphatic heterocycles. The summed E-state index contributed by atoms with van der Waals surface area (Å²) in [5.41, 5.74) is 0.483. The molecule has 0 aliphatic rings. The van der Waals surface area contributed by atoms with E-state index in [1.54, 1.807) is 0 Å². The predicted octanol–water partition coefficient (Wildman–Crippen LogP) is 2.31. The topological polar surface area (TPSA) is 113 Å². The van der Waals surface area contributed by atoms with E-state index >= 15 is 0 Å². The lowest BCUT2D eigenvalue weighted by atomic mass is 10.2. The maximum Gasteiger partial charge on any atom is 0.409 e. The van der Waals surface area contributed by atoms with E-state index in [0.717, 1.165) is 6.07 Å². The number of aromatic nitrogens is 2. The summed E-state index contributed by atoms with van der Waals surface area (Å²) in [6.45, 7) is -0.249. The summed E-state index contributed by atoms with van der Waals surface area (Å²) >= 11 is 5.68. The first-order valence-electron chi connectivity index (χ1n) is 6.52. The molecule has 1 heterocycles. The fourth-order valence-corrected chi connectivity index (χ4v) is 1.76. The van der Waals surface area contributed by atoms with Crippen LogP contribution < -0.4 is 5.32 Å². The monoisotopic (exact) mass is 357 g/mol. The first-order chi connectivity index (χ1) is 11.4. The maximum absolute atomic E-state index is 13.2. The highest BCUT2D eigenvalue weighted by atomic mass is 35.5. The van der Waals surface area contributed by atoms with Crippen LogP contribution in [0.15, 0.2) is 28.0 Å². The molecule has 0 unspecified atom stereocenters. The van der Waals surface area contributed by atoms with Crippen LogP contribution in [-0.2, 0) is 11.3 Å². The van der Waals surface area contributed by atoms with Crippen LogP contribution in [0.4, 0.5) is 14.9 Å². The predicted molar refractivity (Wildman–Crippen MR) is 81.5 cm³/mol. The minimum atomic E-state index is -0.593. The van der Waals surface area contributed by atoms with Crippen LogP contribution in [-0.4, -0.2) is 46.4 Å². The van der Waals surface area contributed by atoms with E-state index in [2.05, 4.69) is 25.4 Å². The Balaban J connectivity index is 2.15. The fourth-order valence-electron chi connectivity index (χ4n) is 1.58. The van der Waals surface area contributed by atoms with Crippen molar-refractivity contribution in [3.05, 3.63) is 40.4 Å². The molecule has 2 aromatic rings. The number of halogens is 2. The van der Waals surface area contributed by atoms with Gasteiger partial charge in [0.1, 0.15) is 12.4 Å². The zero-order valence-electron chi connectivity index (χ0n) is 12.7. The fraction of sp³-hybridized carbons (Fsp3) is 0.231. The summed E-state index contributed by atoms with van der Waals surface area (Å²) in [7, 11) is 3.04. The number of hydrogen-bond acceptors (Lipinski definition) is 7. The number of amides is 1. The molecule has 0 atom stereocenters. The normalized spacial score (nSPS) is 11.2. The number of anilines is 1. The van der Waals surface area contributed by atoms with E-state index in [-0.39, 0.29) is 28.9 Å². The highest BCUT2D eigenvalue weighted by Gasteiger charge is 2.19. The second kappa shape index (κ2) is 7.59. The van der Waals surface area contributed by atoms with Gasteiger partial charge in [-0.1, -0.05) is 21.9 Å². The molecule has 24 heavy (non-hydrogen) atoms. The zero-order chi connectivity index (χ0) is 17.7. The van der Waals surface area contributed by atoms with Gasteiger partial charge in [0.25, 0.3) is 0 Å². The lowest BCUT2D eigenvalue weighted by Gasteiger charge is -2.10. The van der Waals surface area contributed by atoms with Gasteiger partial charge in [-0.15, -0.1) is 0 Å². The Morgan fingerprint density at radius 2 is 2.25 bits per heavy atom. The van der Waals surface area contributed by atoms with Crippen molar-refractivity contribution in [2.75, 3.05) is 19.4 Å². The van der Waals surface area contributed by atoms with Gasteiger partial charge in [0, 0.05) is 19.8 Å². The molecule has 0 spiro atoms. The lowest BCUT2D eigenvalue weighted by Crippen LogP contribution is -2.23. The highest BCUT2D eigenvalue weighted by molar-refractivity contribution is 6.31. The van der Waals surface area contributed by atoms with E-state index in [0.29, 0.717) is 5.69 Å². The van der Waals surface area contributed by atoms with Gasteiger partial charge >= 0.3 is 6.09 Å². The second-order valence-electron chi connectivity index (χ2n) is 4.71. The third-order valence-corrected chi connectivity index (χ3v) is 3.05. The van der Waals surface area contributed by atoms with Crippen molar-refractivity contribution in [3.63, 3.8) is 0 Å². The van der Waals surface area contributed by atoms with Gasteiger partial charge in [-0.25, -0.2) is 13.8 Å². The Bertz CT molecular complexity index is 765. The number of ether oxygens (including phenoxy) is 1. The molecule has 9 nitrogen and oxygen atoms in total. The Morgan fingerprint density at radius 1 is 1.50 bits per heavy atom. The van der Waals surface area contributed by atoms with E-state index in [9.17, 15) is 9.18 Å². The second-order valence-corrected chi connectivity index (χ2v) is 5.12. The maximum atomic E-state index is 13.2. The Morgan fingerprint density at radius 3 is 2.88 bits per heavy atom. The molecule has 2 rings (SSSR count). The van der Waals surface area contributed by atoms with Crippen molar-refractivity contribution in [1.82, 2.24) is 15.2 Å². The van der Waals surface area contributed by atoms with E-state index < -0.39 is 11.9 Å². The Kier molecular flexibility index (Phi) is 5.53. The Hall–Kier alpha value is -2.88. The number of nitrogens with zero attached hydrogens (tertiary/aromatic N) is 4. The van der Waals surface area contributed by atoms with Gasteiger partial charge in [-0.3, -0.25) is 0 Å². The highest BCUT2D eigenvalue weighted by Crippen LogP contribution is 2.20. The number of rotatable bonds is 4. The van der Waals surface area contributed by atoms with Gasteiger partial charge in [-0.05, 0) is 23.4 Å². The van der Waals surface area contributed by atoms with Crippen LogP contribution in [0.3, 0.4) is 0 Å². The Labute approximate surface area is 140 Å². The SMILES string of the molecule is CN(C)C(=O)OCc1nonc1C(=NO)Nc1ccc(F)c(Cl)c1. The number of nitrogens with one attached hydrogen (secondary N) is 1. The number of benzene rings is 1. The van der Waals surface area contributed by atoms with Crippen molar-refractivity contribution in [1.29, 1.82) is 0 Å². The van der Waals surface area contributed by atoms with Crippen LogP contribution in [0.1, 0.15) is 11.4 Å². The third kappa shape index (κ3) is 4.10. The first kappa shape index (κ1) is 17.5. The first-order valence-corrected chi connectivity index (χ1v) is 6.90. The summed E-state index contributed by atoms with van der Waals surface area (Å²) in [4.78, 5) is 12.7. The lowest BCUT2D eigenvalue weighted by molar-refractivity contribution is 0.109. The standard InChI is InChI=1S/C13H13ClFN5O4/c1-20(2)13(21)23-6-10-11(19-24-18-10)12(17-22)16-7-3-4-9(15)8(14)5-7/h3-5,22H,6H2,1-2H3,(H,16,17). The third-order valence-electron chi connectivity index (χ3n) is 2.76. The van der Waals surface area contributed by atoms with Crippen molar-refractivity contribution in [3.8, 4) is 0 Å². The summed E-state index contributed by atoms with van der Waals surface area (Å²) in [5, 5.41) is 22.0. The molecule has 0 radical (unpaired) electrons. The minimum absolute atomic E-state index is 0.0181. The van der Waals surface area contributed by atoms with Crippen molar-refractivity contribution in [2.24, 2.45) is 5.16 Å². The number of hydrogen-bond donors (Lipinski definition) is 2. The minimum Gasteiger partial charge on any atom is -0.443 e. The van der Waals surface area contributed by atoms with E-state index in [4.69, 9.17) is 21.5 Å². The molecule has 2 N–H and O–H groups in total. The molecule has 128 valence electrons. The smallest absolute Gasteiger partial charge is 0.409 e. The number of oxime groups is 1. The molecule has 0 saturated heterocycles. The summed E-state index contributed by atoms with van der Waals surface area (Å²) in [6.07, 6.45) is -0.593. The molecule has 0 fully saturated rings. The number of amidine groups is 1. The number of carbonyl (C=O) groups is 1. The van der Waals surface area contributed by atoms with Gasteiger partial charge in [0.05, 0.1) is 5.02 Å². The van der Waals surface area contributed by atoms with Gasteiger partial charge in [0.15, 0.2) is 11.4 Å². The quantitative estimate of drug-likeness (QED) is 0.373. The van der Waals surface area contributed by atoms with Crippen molar-refractivity contribution >= 4 is 29.2 Å². The molecule has 0 aliphatic carbocycles. The van der Waals surface area contributed by atoms with Crippen LogP contribution in [0, 0.1) is 5.82 Å². The molecule has 1 amide bonds. The van der Waals surface area contributed by atoms with E-state index in [1.165, 1.54) is 31.1 Å². The van der Waals surface area contributed by atoms with Gasteiger partial charge < -0.3 is 20.2 Å². The molecule has 0 saturated carbocycles. The van der Waals surface area contributed by atoms with Crippen LogP contribution in [0.25, 0.3) is 0 Å². The molecular weight excluding hydrogens is 345 g/mol. The average Bonchev–Trinajstić information content (AvgIpc) is 3.01. The van der Waals surface area contributed by atoms with Crippen molar-refractivity contribution in [2.45, 2.75) is 6.61 Å². The van der Waals surface area contributed by atoms with Gasteiger partial charge in [0.2, 0.25) is 5.84 Å². The molecule has 11 heteroatoms. The molecular formula is C13H13ClFN5O4. The summed E-state index contributed by atoms with van der Waals surface area (Å²) < 4.78 is 22.7. The molecule has 1 aromatic heterocycles.